The predicted molar refractivity (Wildman–Crippen MR) is 89.6 cm³/mol. The van der Waals surface area contributed by atoms with Crippen LogP contribution in [0.2, 0.25) is 0 Å². The number of fused-ring (bicyclic) bond motifs is 1. The topological polar surface area (TPSA) is 72.6 Å². The Bertz CT molecular complexity index is 837. The standard InChI is InChI=1S/C19H20N2O4/c1-12-15(13(2)25-20-12)9-18(23)21-8-7-19(11-21)10-16(22)14-5-3-4-6-17(14)24-19/h3-6H,7-11H2,1-2H3. The molecule has 1 fully saturated rings. The number of likely N-dealkylation sites (tertiary alicyclic amines) is 1. The van der Waals surface area contributed by atoms with Gasteiger partial charge in [0.25, 0.3) is 0 Å². The summed E-state index contributed by atoms with van der Waals surface area (Å²) in [5.74, 6) is 1.40. The lowest BCUT2D eigenvalue weighted by molar-refractivity contribution is -0.130. The zero-order valence-electron chi connectivity index (χ0n) is 14.4. The van der Waals surface area contributed by atoms with Crippen LogP contribution in [-0.2, 0) is 11.2 Å². The van der Waals surface area contributed by atoms with Crippen LogP contribution in [0.3, 0.4) is 0 Å². The van der Waals surface area contributed by atoms with Crippen LogP contribution in [0.4, 0.5) is 0 Å². The second kappa shape index (κ2) is 5.72. The normalized spacial score (nSPS) is 22.2. The first-order chi connectivity index (χ1) is 12.0. The van der Waals surface area contributed by atoms with Crippen LogP contribution in [0.1, 0.15) is 40.2 Å². The average molecular weight is 340 g/mol. The lowest BCUT2D eigenvalue weighted by Gasteiger charge is -2.34. The lowest BCUT2D eigenvalue weighted by atomic mass is 9.89. The molecule has 0 radical (unpaired) electrons. The summed E-state index contributed by atoms with van der Waals surface area (Å²) in [5.41, 5.74) is 1.63. The molecule has 6 heteroatoms. The quantitative estimate of drug-likeness (QED) is 0.840. The van der Waals surface area contributed by atoms with Gasteiger partial charge in [0.1, 0.15) is 17.1 Å². The van der Waals surface area contributed by atoms with Crippen LogP contribution in [-0.4, -0.2) is 40.4 Å². The van der Waals surface area contributed by atoms with Crippen molar-refractivity contribution in [2.24, 2.45) is 0 Å². The van der Waals surface area contributed by atoms with E-state index in [1.165, 1.54) is 0 Å². The van der Waals surface area contributed by atoms with Crippen LogP contribution in [0.5, 0.6) is 5.75 Å². The van der Waals surface area contributed by atoms with Gasteiger partial charge in [-0.05, 0) is 26.0 Å². The number of amides is 1. The minimum atomic E-state index is -0.597. The maximum absolute atomic E-state index is 12.7. The maximum Gasteiger partial charge on any atom is 0.227 e. The van der Waals surface area contributed by atoms with Gasteiger partial charge in [-0.15, -0.1) is 0 Å². The van der Waals surface area contributed by atoms with E-state index in [-0.39, 0.29) is 18.1 Å². The second-order valence-corrected chi connectivity index (χ2v) is 6.93. The number of ether oxygens (including phenoxy) is 1. The molecule has 6 nitrogen and oxygen atoms in total. The van der Waals surface area contributed by atoms with Crippen molar-refractivity contribution >= 4 is 11.7 Å². The minimum Gasteiger partial charge on any atom is -0.484 e. The first-order valence-corrected chi connectivity index (χ1v) is 8.48. The van der Waals surface area contributed by atoms with E-state index in [0.29, 0.717) is 43.0 Å². The molecule has 1 atom stereocenters. The van der Waals surface area contributed by atoms with Crippen molar-refractivity contribution in [2.45, 2.75) is 38.7 Å². The molecule has 1 spiro atoms. The number of ketones is 1. The van der Waals surface area contributed by atoms with E-state index in [1.807, 2.05) is 32.0 Å². The van der Waals surface area contributed by atoms with Crippen LogP contribution < -0.4 is 4.74 Å². The minimum absolute atomic E-state index is 0.0150. The highest BCUT2D eigenvalue weighted by Crippen LogP contribution is 2.38. The molecule has 1 amide bonds. The first-order valence-electron chi connectivity index (χ1n) is 8.48. The monoisotopic (exact) mass is 340 g/mol. The Balaban J connectivity index is 1.50. The van der Waals surface area contributed by atoms with Gasteiger partial charge in [-0.1, -0.05) is 17.3 Å². The number of benzene rings is 1. The molecule has 2 aliphatic rings. The van der Waals surface area contributed by atoms with E-state index in [0.717, 1.165) is 11.3 Å². The molecule has 130 valence electrons. The van der Waals surface area contributed by atoms with Crippen molar-refractivity contribution in [1.29, 1.82) is 0 Å². The number of Topliss-reactive ketones (excluding diaryl/α,β-unsaturated/α-hetero) is 1. The number of nitrogens with zero attached hydrogens (tertiary/aromatic N) is 2. The Kier molecular flexibility index (Phi) is 3.63. The molecule has 0 bridgehead atoms. The summed E-state index contributed by atoms with van der Waals surface area (Å²) in [6.45, 7) is 4.69. The number of carbonyl (C=O) groups excluding carboxylic acids is 2. The Morgan fingerprint density at radius 3 is 2.88 bits per heavy atom. The maximum atomic E-state index is 12.7. The molecule has 1 aromatic heterocycles. The van der Waals surface area contributed by atoms with Gasteiger partial charge in [0, 0.05) is 18.5 Å². The van der Waals surface area contributed by atoms with E-state index in [9.17, 15) is 9.59 Å². The number of aryl methyl sites for hydroxylation is 2. The van der Waals surface area contributed by atoms with Gasteiger partial charge in [-0.3, -0.25) is 9.59 Å². The van der Waals surface area contributed by atoms with E-state index in [1.54, 1.807) is 11.0 Å². The molecule has 0 saturated carbocycles. The Hall–Kier alpha value is -2.63. The highest BCUT2D eigenvalue weighted by Gasteiger charge is 2.46. The zero-order chi connectivity index (χ0) is 17.6. The molecule has 1 saturated heterocycles. The fourth-order valence-corrected chi connectivity index (χ4v) is 3.75. The summed E-state index contributed by atoms with van der Waals surface area (Å²) in [6.07, 6.45) is 1.25. The third-order valence-corrected chi connectivity index (χ3v) is 5.17. The SMILES string of the molecule is Cc1noc(C)c1CC(=O)N1CCC2(CC(=O)c3ccccc3O2)C1. The number of rotatable bonds is 2. The number of hydrogen-bond donors (Lipinski definition) is 0. The van der Waals surface area contributed by atoms with Gasteiger partial charge in [-0.2, -0.15) is 0 Å². The molecule has 2 aromatic rings. The summed E-state index contributed by atoms with van der Waals surface area (Å²) in [7, 11) is 0. The molecule has 1 unspecified atom stereocenters. The van der Waals surface area contributed by atoms with Gasteiger partial charge in [-0.25, -0.2) is 0 Å². The molecule has 3 heterocycles. The third-order valence-electron chi connectivity index (χ3n) is 5.17. The van der Waals surface area contributed by atoms with Crippen molar-refractivity contribution in [3.8, 4) is 5.75 Å². The van der Waals surface area contributed by atoms with Gasteiger partial charge < -0.3 is 14.2 Å². The van der Waals surface area contributed by atoms with Crippen LogP contribution in [0.15, 0.2) is 28.8 Å². The fraction of sp³-hybridized carbons (Fsp3) is 0.421. The summed E-state index contributed by atoms with van der Waals surface area (Å²) < 4.78 is 11.3. The van der Waals surface area contributed by atoms with Crippen LogP contribution >= 0.6 is 0 Å². The smallest absolute Gasteiger partial charge is 0.227 e. The number of hydrogen-bond acceptors (Lipinski definition) is 5. The molecule has 1 aromatic carbocycles. The predicted octanol–water partition coefficient (Wildman–Crippen LogP) is 2.47. The largest absolute Gasteiger partial charge is 0.484 e. The van der Waals surface area contributed by atoms with Crippen molar-refractivity contribution in [1.82, 2.24) is 10.1 Å². The zero-order valence-corrected chi connectivity index (χ0v) is 14.4. The lowest BCUT2D eigenvalue weighted by Crippen LogP contribution is -2.45. The fourth-order valence-electron chi connectivity index (χ4n) is 3.75. The van der Waals surface area contributed by atoms with Crippen molar-refractivity contribution in [2.75, 3.05) is 13.1 Å². The number of aromatic nitrogens is 1. The van der Waals surface area contributed by atoms with E-state index >= 15 is 0 Å². The Labute approximate surface area is 145 Å². The van der Waals surface area contributed by atoms with E-state index in [4.69, 9.17) is 9.26 Å². The van der Waals surface area contributed by atoms with Gasteiger partial charge in [0.2, 0.25) is 5.91 Å². The number of carbonyl (C=O) groups is 2. The van der Waals surface area contributed by atoms with E-state index < -0.39 is 5.60 Å². The Morgan fingerprint density at radius 2 is 2.12 bits per heavy atom. The second-order valence-electron chi connectivity index (χ2n) is 6.93. The molecule has 2 aliphatic heterocycles. The molecule has 0 aliphatic carbocycles. The Morgan fingerprint density at radius 1 is 1.32 bits per heavy atom. The highest BCUT2D eigenvalue weighted by molar-refractivity contribution is 6.00. The summed E-state index contributed by atoms with van der Waals surface area (Å²) in [4.78, 5) is 26.9. The molecule has 0 N–H and O–H groups in total. The average Bonchev–Trinajstić information content (AvgIpc) is 3.13. The van der Waals surface area contributed by atoms with Gasteiger partial charge in [0.15, 0.2) is 5.78 Å². The summed E-state index contributed by atoms with van der Waals surface area (Å²) in [5, 5.41) is 3.90. The van der Waals surface area contributed by atoms with Crippen LogP contribution in [0, 0.1) is 13.8 Å². The van der Waals surface area contributed by atoms with Crippen molar-refractivity contribution in [3.05, 3.63) is 46.8 Å². The first kappa shape index (κ1) is 15.9. The van der Waals surface area contributed by atoms with Crippen molar-refractivity contribution < 1.29 is 18.8 Å². The molecular formula is C19H20N2O4. The molecule has 25 heavy (non-hydrogen) atoms. The van der Waals surface area contributed by atoms with E-state index in [2.05, 4.69) is 5.16 Å². The molecule has 4 rings (SSSR count). The summed E-state index contributed by atoms with van der Waals surface area (Å²) in [6, 6.07) is 7.31. The third kappa shape index (κ3) is 2.71. The van der Waals surface area contributed by atoms with Gasteiger partial charge >= 0.3 is 0 Å². The summed E-state index contributed by atoms with van der Waals surface area (Å²) >= 11 is 0. The molecular weight excluding hydrogens is 320 g/mol. The van der Waals surface area contributed by atoms with Crippen molar-refractivity contribution in [3.63, 3.8) is 0 Å². The van der Waals surface area contributed by atoms with Crippen LogP contribution in [0.25, 0.3) is 0 Å². The van der Waals surface area contributed by atoms with Gasteiger partial charge in [0.05, 0.1) is 30.6 Å². The number of para-hydroxylation sites is 1. The highest BCUT2D eigenvalue weighted by atomic mass is 16.5.